The number of H-pyrrole nitrogens is 1. The Labute approximate surface area is 190 Å². The molecule has 4 rings (SSSR count). The van der Waals surface area contributed by atoms with E-state index in [0.29, 0.717) is 28.7 Å². The van der Waals surface area contributed by atoms with Gasteiger partial charge >= 0.3 is 0 Å². The first-order valence-electron chi connectivity index (χ1n) is 10.2. The Balaban J connectivity index is 1.40. The molecule has 2 aromatic heterocycles. The number of methoxy groups -OCH3 is 1. The average Bonchev–Trinajstić information content (AvgIpc) is 3.44. The number of nitrogens with one attached hydrogen (secondary N) is 2. The Bertz CT molecular complexity index is 1260. The largest absolute Gasteiger partial charge is 0.497 e. The quantitative estimate of drug-likeness (QED) is 0.373. The number of aryl methyl sites for hydroxylation is 1. The average molecular weight is 450 g/mol. The lowest BCUT2D eigenvalue weighted by atomic mass is 10.1. The Morgan fingerprint density at radius 3 is 2.56 bits per heavy atom. The maximum absolute atomic E-state index is 12.5. The highest BCUT2D eigenvalue weighted by Crippen LogP contribution is 2.23. The maximum Gasteiger partial charge on any atom is 0.231 e. The summed E-state index contributed by atoms with van der Waals surface area (Å²) in [4.78, 5) is 12.5. The summed E-state index contributed by atoms with van der Waals surface area (Å²) in [6, 6.07) is 17.3. The molecule has 0 aliphatic heterocycles. The van der Waals surface area contributed by atoms with Crippen LogP contribution in [-0.4, -0.2) is 32.9 Å². The minimum absolute atomic E-state index is 0.193. The molecule has 2 heterocycles. The molecule has 2 aromatic carbocycles. The van der Waals surface area contributed by atoms with E-state index in [0.717, 1.165) is 23.3 Å². The van der Waals surface area contributed by atoms with Crippen molar-refractivity contribution in [2.75, 3.05) is 12.4 Å². The van der Waals surface area contributed by atoms with Crippen LogP contribution in [0.1, 0.15) is 18.9 Å². The third-order valence-corrected chi connectivity index (χ3v) is 5.41. The Morgan fingerprint density at radius 2 is 1.88 bits per heavy atom. The van der Waals surface area contributed by atoms with Crippen molar-refractivity contribution in [3.63, 3.8) is 0 Å². The van der Waals surface area contributed by atoms with Crippen molar-refractivity contribution in [1.29, 1.82) is 0 Å². The number of amides is 1. The van der Waals surface area contributed by atoms with E-state index in [9.17, 15) is 4.79 Å². The summed E-state index contributed by atoms with van der Waals surface area (Å²) in [5.41, 5.74) is 3.72. The zero-order valence-electron chi connectivity index (χ0n) is 17.8. The van der Waals surface area contributed by atoms with Gasteiger partial charge < -0.3 is 9.26 Å². The van der Waals surface area contributed by atoms with Gasteiger partial charge in [-0.25, -0.2) is 0 Å². The highest BCUT2D eigenvalue weighted by Gasteiger charge is 2.13. The lowest BCUT2D eigenvalue weighted by Gasteiger charge is -2.07. The Hall–Kier alpha value is -3.72. The van der Waals surface area contributed by atoms with Crippen molar-refractivity contribution in [2.45, 2.75) is 26.3 Å². The predicted molar refractivity (Wildman–Crippen MR) is 124 cm³/mol. The van der Waals surface area contributed by atoms with Gasteiger partial charge in [0.2, 0.25) is 11.8 Å². The molecule has 0 unspecified atom stereocenters. The summed E-state index contributed by atoms with van der Waals surface area (Å²) in [5.74, 6) is 1.50. The normalized spacial score (nSPS) is 10.8. The second-order valence-electron chi connectivity index (χ2n) is 7.16. The van der Waals surface area contributed by atoms with Gasteiger partial charge in [0.25, 0.3) is 0 Å². The number of rotatable bonds is 8. The van der Waals surface area contributed by atoms with Gasteiger partial charge in [-0.3, -0.25) is 19.8 Å². The molecule has 2 N–H and O–H groups in total. The van der Waals surface area contributed by atoms with Gasteiger partial charge in [0.15, 0.2) is 10.6 Å². The van der Waals surface area contributed by atoms with Crippen LogP contribution in [0.3, 0.4) is 0 Å². The molecule has 4 aromatic rings. The van der Waals surface area contributed by atoms with Crippen LogP contribution in [-0.2, 0) is 17.8 Å². The van der Waals surface area contributed by atoms with E-state index in [4.69, 9.17) is 21.5 Å². The van der Waals surface area contributed by atoms with Crippen LogP contribution in [0.4, 0.5) is 5.88 Å². The molecule has 164 valence electrons. The van der Waals surface area contributed by atoms with Crippen LogP contribution in [0, 0.1) is 4.77 Å². The third kappa shape index (κ3) is 4.78. The van der Waals surface area contributed by atoms with E-state index in [1.807, 2.05) is 36.4 Å². The molecule has 0 aliphatic rings. The van der Waals surface area contributed by atoms with Crippen molar-refractivity contribution in [2.24, 2.45) is 0 Å². The van der Waals surface area contributed by atoms with E-state index in [1.165, 1.54) is 5.56 Å². The minimum atomic E-state index is -0.210. The van der Waals surface area contributed by atoms with Gasteiger partial charge in [-0.05, 0) is 48.5 Å². The second kappa shape index (κ2) is 9.61. The highest BCUT2D eigenvalue weighted by atomic mass is 32.1. The van der Waals surface area contributed by atoms with Crippen LogP contribution in [0.15, 0.2) is 59.1 Å². The summed E-state index contributed by atoms with van der Waals surface area (Å²) in [7, 11) is 1.61. The zero-order valence-corrected chi connectivity index (χ0v) is 18.6. The molecule has 32 heavy (non-hydrogen) atoms. The summed E-state index contributed by atoms with van der Waals surface area (Å²) in [6.45, 7) is 2.47. The molecule has 9 heteroatoms. The Morgan fingerprint density at radius 1 is 1.16 bits per heavy atom. The topological polar surface area (TPSA) is 98.0 Å². The van der Waals surface area contributed by atoms with Crippen molar-refractivity contribution in [3.8, 4) is 28.4 Å². The van der Waals surface area contributed by atoms with E-state index in [1.54, 1.807) is 17.7 Å². The predicted octanol–water partition coefficient (Wildman–Crippen LogP) is 4.86. The van der Waals surface area contributed by atoms with Gasteiger partial charge in [-0.2, -0.15) is 5.10 Å². The van der Waals surface area contributed by atoms with Gasteiger partial charge in [-0.1, -0.05) is 36.3 Å². The molecule has 0 atom stereocenters. The van der Waals surface area contributed by atoms with Crippen molar-refractivity contribution < 1.29 is 14.1 Å². The molecule has 0 radical (unpaired) electrons. The smallest absolute Gasteiger partial charge is 0.231 e. The van der Waals surface area contributed by atoms with Crippen LogP contribution in [0.5, 0.6) is 5.75 Å². The SMILES string of the molecule is CCc1ccc(-c2cc(NC(=O)CCn3c(-c4ccc(OC)cc4)n[nH]c3=S)on2)cc1. The fourth-order valence-corrected chi connectivity index (χ4v) is 3.50. The fourth-order valence-electron chi connectivity index (χ4n) is 3.28. The monoisotopic (exact) mass is 449 g/mol. The molecular formula is C23H23N5O3S. The lowest BCUT2D eigenvalue weighted by Crippen LogP contribution is -2.14. The van der Waals surface area contributed by atoms with Gasteiger partial charge in [0, 0.05) is 30.2 Å². The second-order valence-corrected chi connectivity index (χ2v) is 7.54. The number of nitrogens with zero attached hydrogens (tertiary/aromatic N) is 3. The highest BCUT2D eigenvalue weighted by molar-refractivity contribution is 7.71. The van der Waals surface area contributed by atoms with E-state index in [-0.39, 0.29) is 12.3 Å². The molecule has 0 spiro atoms. The van der Waals surface area contributed by atoms with Crippen molar-refractivity contribution in [3.05, 3.63) is 64.9 Å². The molecule has 1 amide bonds. The van der Waals surface area contributed by atoms with Crippen LogP contribution in [0.2, 0.25) is 0 Å². The van der Waals surface area contributed by atoms with Crippen molar-refractivity contribution >= 4 is 24.0 Å². The minimum Gasteiger partial charge on any atom is -0.497 e. The van der Waals surface area contributed by atoms with E-state index < -0.39 is 0 Å². The molecule has 0 bridgehead atoms. The fraction of sp³-hybridized carbons (Fsp3) is 0.217. The number of benzene rings is 2. The Kier molecular flexibility index (Phi) is 6.46. The number of anilines is 1. The zero-order chi connectivity index (χ0) is 22.5. The number of carbonyl (C=O) groups is 1. The molecular weight excluding hydrogens is 426 g/mol. The molecule has 8 nitrogen and oxygen atoms in total. The summed E-state index contributed by atoms with van der Waals surface area (Å²) in [5, 5.41) is 13.9. The van der Waals surface area contributed by atoms with Gasteiger partial charge in [0.1, 0.15) is 11.4 Å². The number of aromatic nitrogens is 4. The molecule has 0 saturated heterocycles. The lowest BCUT2D eigenvalue weighted by molar-refractivity contribution is -0.116. The standard InChI is InChI=1S/C23H23N5O3S/c1-3-15-4-6-16(7-5-15)19-14-21(31-27-19)24-20(29)12-13-28-22(25-26-23(28)32)17-8-10-18(30-2)11-9-17/h4-11,14H,3,12-13H2,1-2H3,(H,24,29)(H,26,32). The first-order chi connectivity index (χ1) is 15.6. The summed E-state index contributed by atoms with van der Waals surface area (Å²) >= 11 is 5.34. The van der Waals surface area contributed by atoms with Crippen LogP contribution < -0.4 is 10.1 Å². The molecule has 0 aliphatic carbocycles. The molecule has 0 fully saturated rings. The number of aromatic amines is 1. The number of ether oxygens (including phenoxy) is 1. The first-order valence-corrected chi connectivity index (χ1v) is 10.6. The first kappa shape index (κ1) is 21.5. The maximum atomic E-state index is 12.5. The summed E-state index contributed by atoms with van der Waals surface area (Å²) < 4.78 is 12.7. The third-order valence-electron chi connectivity index (χ3n) is 5.10. The van der Waals surface area contributed by atoms with Gasteiger partial charge in [-0.15, -0.1) is 0 Å². The number of carbonyl (C=O) groups excluding carboxylic acids is 1. The summed E-state index contributed by atoms with van der Waals surface area (Å²) in [6.07, 6.45) is 1.17. The van der Waals surface area contributed by atoms with E-state index >= 15 is 0 Å². The van der Waals surface area contributed by atoms with Crippen LogP contribution >= 0.6 is 12.2 Å². The van der Waals surface area contributed by atoms with Gasteiger partial charge in [0.05, 0.1) is 7.11 Å². The van der Waals surface area contributed by atoms with E-state index in [2.05, 4.69) is 39.7 Å². The van der Waals surface area contributed by atoms with Crippen molar-refractivity contribution in [1.82, 2.24) is 19.9 Å². The number of hydrogen-bond acceptors (Lipinski definition) is 6. The van der Waals surface area contributed by atoms with Crippen LogP contribution in [0.25, 0.3) is 22.6 Å². The number of hydrogen-bond donors (Lipinski definition) is 2. The molecule has 0 saturated carbocycles.